The maximum atomic E-state index is 14.5. The summed E-state index contributed by atoms with van der Waals surface area (Å²) in [4.78, 5) is 70.0. The van der Waals surface area contributed by atoms with Crippen LogP contribution in [0.3, 0.4) is 0 Å². The van der Waals surface area contributed by atoms with Crippen LogP contribution in [0, 0.1) is 0 Å². The van der Waals surface area contributed by atoms with E-state index in [1.54, 1.807) is 31.9 Å². The van der Waals surface area contributed by atoms with Crippen LogP contribution < -0.4 is 10.6 Å². The molecule has 326 valence electrons. The van der Waals surface area contributed by atoms with E-state index < -0.39 is 35.7 Å². The molecule has 0 bridgehead atoms. The van der Waals surface area contributed by atoms with Crippen molar-refractivity contribution in [3.05, 3.63) is 30.4 Å². The molecule has 0 aliphatic carbocycles. The van der Waals surface area contributed by atoms with Gasteiger partial charge >= 0.3 is 6.09 Å². The van der Waals surface area contributed by atoms with E-state index in [4.69, 9.17) is 4.74 Å². The topological polar surface area (TPSA) is 143 Å². The zero-order valence-corrected chi connectivity index (χ0v) is 37.1. The van der Waals surface area contributed by atoms with Crippen LogP contribution in [0.15, 0.2) is 24.7 Å². The standard InChI is InChI=1S/C44H80N8O5/c1-9-10-11-12-13-14-15-16-17-18-19-20-21-22-23-26-40(53)47-37-32-39(42(55)51(29-24-27-49(5)6)30-25-28-50(7)8)52(34-37)41(54)38(31-36-33-45-35-46-36)48-43(56)57-44(2,3)4/h16-17,33,35,37-39H,9-15,18-32,34H2,1-8H3,(H,45,46)(H,47,53)(H,48,56)/t37-,38?,39-/m0/s1. The average molecular weight is 801 g/mol. The summed E-state index contributed by atoms with van der Waals surface area (Å²) in [5, 5.41) is 5.93. The van der Waals surface area contributed by atoms with E-state index in [2.05, 4.69) is 49.5 Å². The van der Waals surface area contributed by atoms with Gasteiger partial charge in [-0.3, -0.25) is 14.4 Å². The third kappa shape index (κ3) is 22.3. The first-order chi connectivity index (χ1) is 27.2. The molecule has 0 aromatic carbocycles. The number of carbonyl (C=O) groups excluding carboxylic acids is 4. The number of likely N-dealkylation sites (tertiary alicyclic amines) is 1. The van der Waals surface area contributed by atoms with Crippen molar-refractivity contribution in [2.24, 2.45) is 0 Å². The number of amides is 4. The molecule has 1 unspecified atom stereocenters. The number of imidazole rings is 1. The Kier molecular flexibility index (Phi) is 24.5. The lowest BCUT2D eigenvalue weighted by molar-refractivity contribution is -0.145. The lowest BCUT2D eigenvalue weighted by atomic mass is 10.1. The number of ether oxygens (including phenoxy) is 1. The van der Waals surface area contributed by atoms with Crippen molar-refractivity contribution in [1.29, 1.82) is 0 Å². The number of nitrogens with zero attached hydrogens (tertiary/aromatic N) is 5. The lowest BCUT2D eigenvalue weighted by Crippen LogP contribution is -2.55. The molecule has 13 nitrogen and oxygen atoms in total. The Morgan fingerprint density at radius 3 is 1.98 bits per heavy atom. The highest BCUT2D eigenvalue weighted by molar-refractivity contribution is 5.92. The summed E-state index contributed by atoms with van der Waals surface area (Å²) in [6.07, 6.45) is 25.0. The molecule has 0 radical (unpaired) electrons. The zero-order valence-electron chi connectivity index (χ0n) is 37.1. The van der Waals surface area contributed by atoms with Gasteiger partial charge in [0, 0.05) is 50.4 Å². The van der Waals surface area contributed by atoms with Crippen LogP contribution in [-0.4, -0.2) is 138 Å². The minimum Gasteiger partial charge on any atom is -0.444 e. The second-order valence-electron chi connectivity index (χ2n) is 17.5. The molecular weight excluding hydrogens is 721 g/mol. The zero-order chi connectivity index (χ0) is 42.1. The van der Waals surface area contributed by atoms with Crippen LogP contribution in [0.4, 0.5) is 4.79 Å². The maximum Gasteiger partial charge on any atom is 0.408 e. The average Bonchev–Trinajstić information content (AvgIpc) is 3.81. The van der Waals surface area contributed by atoms with Gasteiger partial charge in [0.05, 0.1) is 6.33 Å². The van der Waals surface area contributed by atoms with Crippen molar-refractivity contribution in [2.45, 2.75) is 167 Å². The number of H-pyrrole nitrogens is 1. The fourth-order valence-electron chi connectivity index (χ4n) is 7.24. The van der Waals surface area contributed by atoms with Crippen molar-refractivity contribution in [2.75, 3.05) is 60.9 Å². The monoisotopic (exact) mass is 801 g/mol. The third-order valence-electron chi connectivity index (χ3n) is 10.2. The number of unbranched alkanes of at least 4 members (excludes halogenated alkanes) is 11. The molecule has 1 aliphatic heterocycles. The first-order valence-electron chi connectivity index (χ1n) is 22.0. The Bertz CT molecular complexity index is 1280. The minimum absolute atomic E-state index is 0.0622. The number of hydrogen-bond donors (Lipinski definition) is 3. The molecule has 1 aromatic heterocycles. The molecule has 0 saturated carbocycles. The molecule has 2 heterocycles. The SMILES string of the molecule is CCCCCCCCC=CCCCCCCCC(=O)N[C@H]1C[C@@H](C(=O)N(CCCN(C)C)CCCN(C)C)N(C(=O)C(Cc2cnc[nH]2)NC(=O)OC(C)(C)C)C1. The van der Waals surface area contributed by atoms with Gasteiger partial charge in [-0.1, -0.05) is 70.4 Å². The summed E-state index contributed by atoms with van der Waals surface area (Å²) in [7, 11) is 8.04. The number of nitrogens with one attached hydrogen (secondary N) is 3. The predicted molar refractivity (Wildman–Crippen MR) is 230 cm³/mol. The maximum absolute atomic E-state index is 14.5. The molecule has 3 N–H and O–H groups in total. The Morgan fingerprint density at radius 1 is 0.860 bits per heavy atom. The van der Waals surface area contributed by atoms with Crippen LogP contribution in [0.1, 0.15) is 143 Å². The number of aromatic nitrogens is 2. The number of allylic oxidation sites excluding steroid dienone is 2. The number of aromatic amines is 1. The van der Waals surface area contributed by atoms with Gasteiger partial charge < -0.3 is 40.0 Å². The highest BCUT2D eigenvalue weighted by Gasteiger charge is 2.44. The summed E-state index contributed by atoms with van der Waals surface area (Å²) in [6.45, 7) is 10.5. The van der Waals surface area contributed by atoms with Crippen molar-refractivity contribution in [3.8, 4) is 0 Å². The van der Waals surface area contributed by atoms with E-state index in [1.165, 1.54) is 57.7 Å². The van der Waals surface area contributed by atoms with Crippen LogP contribution in [0.2, 0.25) is 0 Å². The number of hydrogen-bond acceptors (Lipinski definition) is 8. The number of alkyl carbamates (subject to hydrolysis) is 1. The van der Waals surface area contributed by atoms with E-state index in [-0.39, 0.29) is 24.8 Å². The highest BCUT2D eigenvalue weighted by Crippen LogP contribution is 2.24. The van der Waals surface area contributed by atoms with Gasteiger partial charge in [0.15, 0.2) is 0 Å². The third-order valence-corrected chi connectivity index (χ3v) is 10.2. The summed E-state index contributed by atoms with van der Waals surface area (Å²) in [5.74, 6) is -0.593. The van der Waals surface area contributed by atoms with Gasteiger partial charge in [0.1, 0.15) is 17.7 Å². The van der Waals surface area contributed by atoms with Gasteiger partial charge in [0.2, 0.25) is 17.7 Å². The van der Waals surface area contributed by atoms with Crippen LogP contribution in [0.5, 0.6) is 0 Å². The van der Waals surface area contributed by atoms with Gasteiger partial charge in [-0.2, -0.15) is 0 Å². The lowest BCUT2D eigenvalue weighted by Gasteiger charge is -2.33. The fourth-order valence-corrected chi connectivity index (χ4v) is 7.24. The minimum atomic E-state index is -1.02. The Morgan fingerprint density at radius 2 is 1.44 bits per heavy atom. The second-order valence-corrected chi connectivity index (χ2v) is 17.5. The Labute approximate surface area is 345 Å². The van der Waals surface area contributed by atoms with Gasteiger partial charge in [0.25, 0.3) is 0 Å². The van der Waals surface area contributed by atoms with Gasteiger partial charge in [-0.15, -0.1) is 0 Å². The molecule has 0 spiro atoms. The van der Waals surface area contributed by atoms with Gasteiger partial charge in [-0.25, -0.2) is 9.78 Å². The van der Waals surface area contributed by atoms with E-state index >= 15 is 0 Å². The van der Waals surface area contributed by atoms with E-state index in [0.29, 0.717) is 31.6 Å². The van der Waals surface area contributed by atoms with Crippen LogP contribution in [-0.2, 0) is 25.5 Å². The normalized spacial score (nSPS) is 16.4. The van der Waals surface area contributed by atoms with E-state index in [9.17, 15) is 19.2 Å². The van der Waals surface area contributed by atoms with Crippen molar-refractivity contribution < 1.29 is 23.9 Å². The molecule has 1 aliphatic rings. The van der Waals surface area contributed by atoms with Crippen molar-refractivity contribution in [3.63, 3.8) is 0 Å². The Balaban J connectivity index is 2.07. The molecule has 1 aromatic rings. The Hall–Kier alpha value is -3.45. The second kappa shape index (κ2) is 28.1. The van der Waals surface area contributed by atoms with Crippen LogP contribution >= 0.6 is 0 Å². The highest BCUT2D eigenvalue weighted by atomic mass is 16.6. The number of carbonyl (C=O) groups is 4. The van der Waals surface area contributed by atoms with Crippen molar-refractivity contribution in [1.82, 2.24) is 40.2 Å². The summed E-state index contributed by atoms with van der Waals surface area (Å²) in [5.41, 5.74) is -0.109. The molecule has 1 fully saturated rings. The largest absolute Gasteiger partial charge is 0.444 e. The quantitative estimate of drug-likeness (QED) is 0.0601. The predicted octanol–water partition coefficient (Wildman–Crippen LogP) is 6.70. The fraction of sp³-hybridized carbons (Fsp3) is 0.795. The molecule has 57 heavy (non-hydrogen) atoms. The first-order valence-corrected chi connectivity index (χ1v) is 22.0. The van der Waals surface area contributed by atoms with Gasteiger partial charge in [-0.05, 0) is 113 Å². The van der Waals surface area contributed by atoms with Crippen molar-refractivity contribution >= 4 is 23.8 Å². The first kappa shape index (κ1) is 49.7. The molecule has 4 amide bonds. The molecular formula is C44H80N8O5. The van der Waals surface area contributed by atoms with Crippen LogP contribution in [0.25, 0.3) is 0 Å². The van der Waals surface area contributed by atoms with E-state index in [0.717, 1.165) is 58.0 Å². The summed E-state index contributed by atoms with van der Waals surface area (Å²) < 4.78 is 5.53. The molecule has 3 atom stereocenters. The summed E-state index contributed by atoms with van der Waals surface area (Å²) >= 11 is 0. The molecule has 13 heteroatoms. The molecule has 1 saturated heterocycles. The smallest absolute Gasteiger partial charge is 0.408 e. The molecule has 2 rings (SSSR count). The number of rotatable bonds is 29. The van der Waals surface area contributed by atoms with E-state index in [1.807, 2.05) is 33.1 Å². The summed E-state index contributed by atoms with van der Waals surface area (Å²) in [6, 6.07) is -2.19.